The summed E-state index contributed by atoms with van der Waals surface area (Å²) in [6, 6.07) is 11.6. The van der Waals surface area contributed by atoms with Gasteiger partial charge in [0, 0.05) is 19.1 Å². The molecule has 0 N–H and O–H groups in total. The molecular weight excluding hydrogens is 194 g/mol. The third-order valence-corrected chi connectivity index (χ3v) is 3.63. The molecule has 0 heterocycles. The smallest absolute Gasteiger partial charge is 0.0236 e. The van der Waals surface area contributed by atoms with Crippen LogP contribution in [0.2, 0.25) is 0 Å². The van der Waals surface area contributed by atoms with E-state index >= 15 is 0 Å². The second kappa shape index (κ2) is 5.49. The first-order chi connectivity index (χ1) is 7.79. The molecular formula is C15H23N. The summed E-state index contributed by atoms with van der Waals surface area (Å²) in [5.74, 6) is 0.984. The molecule has 16 heavy (non-hydrogen) atoms. The summed E-state index contributed by atoms with van der Waals surface area (Å²) in [6.45, 7) is 7.05. The number of hydrogen-bond donors (Lipinski definition) is 0. The average Bonchev–Trinajstić information content (AvgIpc) is 3.12. The average molecular weight is 217 g/mol. The molecule has 88 valence electrons. The van der Waals surface area contributed by atoms with Gasteiger partial charge >= 0.3 is 0 Å². The zero-order chi connectivity index (χ0) is 11.4. The van der Waals surface area contributed by atoms with Crippen molar-refractivity contribution in [2.45, 2.75) is 45.7 Å². The van der Waals surface area contributed by atoms with Crippen molar-refractivity contribution in [3.8, 4) is 0 Å². The van der Waals surface area contributed by atoms with Crippen molar-refractivity contribution in [2.24, 2.45) is 5.92 Å². The maximum atomic E-state index is 2.65. The van der Waals surface area contributed by atoms with E-state index in [1.54, 1.807) is 0 Å². The van der Waals surface area contributed by atoms with Crippen molar-refractivity contribution in [1.29, 1.82) is 0 Å². The quantitative estimate of drug-likeness (QED) is 0.702. The van der Waals surface area contributed by atoms with Gasteiger partial charge in [0.2, 0.25) is 0 Å². The van der Waals surface area contributed by atoms with Gasteiger partial charge in [0.15, 0.2) is 0 Å². The maximum Gasteiger partial charge on any atom is 0.0236 e. The zero-order valence-corrected chi connectivity index (χ0v) is 10.5. The lowest BCUT2D eigenvalue weighted by atomic mass is 10.1. The van der Waals surface area contributed by atoms with E-state index in [4.69, 9.17) is 0 Å². The fraction of sp³-hybridized carbons (Fsp3) is 0.600. The van der Waals surface area contributed by atoms with Gasteiger partial charge in [-0.05, 0) is 37.7 Å². The lowest BCUT2D eigenvalue weighted by Crippen LogP contribution is -2.33. The fourth-order valence-corrected chi connectivity index (χ4v) is 2.11. The van der Waals surface area contributed by atoms with Crippen molar-refractivity contribution < 1.29 is 0 Å². The van der Waals surface area contributed by atoms with E-state index in [1.807, 2.05) is 0 Å². The van der Waals surface area contributed by atoms with Gasteiger partial charge in [-0.25, -0.2) is 0 Å². The first kappa shape index (κ1) is 11.7. The Hall–Kier alpha value is -0.820. The molecule has 0 radical (unpaired) electrons. The van der Waals surface area contributed by atoms with Crippen molar-refractivity contribution in [2.75, 3.05) is 6.54 Å². The molecule has 1 fully saturated rings. The van der Waals surface area contributed by atoms with E-state index in [0.717, 1.165) is 12.5 Å². The number of hydrogen-bond acceptors (Lipinski definition) is 1. The Labute approximate surface area is 99.5 Å². The summed E-state index contributed by atoms with van der Waals surface area (Å²) in [6.07, 6.45) is 4.14. The van der Waals surface area contributed by atoms with E-state index in [0.29, 0.717) is 6.04 Å². The van der Waals surface area contributed by atoms with Crippen LogP contribution < -0.4 is 0 Å². The van der Waals surface area contributed by atoms with Gasteiger partial charge in [0.1, 0.15) is 0 Å². The van der Waals surface area contributed by atoms with Crippen LogP contribution in [0.15, 0.2) is 30.3 Å². The molecule has 1 aromatic rings. The van der Waals surface area contributed by atoms with Gasteiger partial charge in [0.05, 0.1) is 0 Å². The second-order valence-corrected chi connectivity index (χ2v) is 5.12. The zero-order valence-electron chi connectivity index (χ0n) is 10.5. The molecule has 0 aliphatic heterocycles. The van der Waals surface area contributed by atoms with Crippen LogP contribution in [0.25, 0.3) is 0 Å². The number of nitrogens with zero attached hydrogens (tertiary/aromatic N) is 1. The molecule has 2 rings (SSSR count). The molecule has 1 heteroatoms. The van der Waals surface area contributed by atoms with Crippen LogP contribution in [0.3, 0.4) is 0 Å². The summed E-state index contributed by atoms with van der Waals surface area (Å²) >= 11 is 0. The Balaban J connectivity index is 1.95. The van der Waals surface area contributed by atoms with Crippen LogP contribution >= 0.6 is 0 Å². The standard InChI is InChI=1S/C15H23N/c1-3-13(2)16(12-15-9-10-15)11-14-7-5-4-6-8-14/h4-8,13,15H,3,9-12H2,1-2H3/t13-/m0/s1. The molecule has 0 spiro atoms. The Morgan fingerprint density at radius 3 is 2.50 bits per heavy atom. The second-order valence-electron chi connectivity index (χ2n) is 5.12. The summed E-state index contributed by atoms with van der Waals surface area (Å²) in [5.41, 5.74) is 1.45. The van der Waals surface area contributed by atoms with Crippen LogP contribution in [-0.4, -0.2) is 17.5 Å². The van der Waals surface area contributed by atoms with E-state index in [1.165, 1.54) is 31.4 Å². The molecule has 1 aliphatic carbocycles. The minimum Gasteiger partial charge on any atom is -0.296 e. The summed E-state index contributed by atoms with van der Waals surface area (Å²) in [4.78, 5) is 2.65. The topological polar surface area (TPSA) is 3.24 Å². The first-order valence-corrected chi connectivity index (χ1v) is 6.57. The van der Waals surface area contributed by atoms with Gasteiger partial charge in [0.25, 0.3) is 0 Å². The van der Waals surface area contributed by atoms with Gasteiger partial charge in [-0.3, -0.25) is 4.90 Å². The third-order valence-electron chi connectivity index (χ3n) is 3.63. The van der Waals surface area contributed by atoms with Gasteiger partial charge < -0.3 is 0 Å². The van der Waals surface area contributed by atoms with Gasteiger partial charge in [-0.1, -0.05) is 37.3 Å². The van der Waals surface area contributed by atoms with Crippen LogP contribution in [0, 0.1) is 5.92 Å². The highest BCUT2D eigenvalue weighted by molar-refractivity contribution is 5.14. The lowest BCUT2D eigenvalue weighted by Gasteiger charge is -2.28. The van der Waals surface area contributed by atoms with Crippen LogP contribution in [0.4, 0.5) is 0 Å². The first-order valence-electron chi connectivity index (χ1n) is 6.57. The predicted molar refractivity (Wildman–Crippen MR) is 69.3 cm³/mol. The fourth-order valence-electron chi connectivity index (χ4n) is 2.11. The van der Waals surface area contributed by atoms with Crippen LogP contribution in [0.5, 0.6) is 0 Å². The Morgan fingerprint density at radius 1 is 1.25 bits per heavy atom. The highest BCUT2D eigenvalue weighted by Crippen LogP contribution is 2.31. The van der Waals surface area contributed by atoms with E-state index in [-0.39, 0.29) is 0 Å². The van der Waals surface area contributed by atoms with E-state index < -0.39 is 0 Å². The number of benzene rings is 1. The van der Waals surface area contributed by atoms with Crippen LogP contribution in [-0.2, 0) is 6.54 Å². The SMILES string of the molecule is CC[C@H](C)N(Cc1ccccc1)CC1CC1. The third kappa shape index (κ3) is 3.34. The van der Waals surface area contributed by atoms with Crippen molar-refractivity contribution in [3.63, 3.8) is 0 Å². The molecule has 1 nitrogen and oxygen atoms in total. The monoisotopic (exact) mass is 217 g/mol. The van der Waals surface area contributed by atoms with Crippen LogP contribution in [0.1, 0.15) is 38.7 Å². The van der Waals surface area contributed by atoms with Gasteiger partial charge in [-0.15, -0.1) is 0 Å². The maximum absolute atomic E-state index is 2.65. The van der Waals surface area contributed by atoms with Crippen molar-refractivity contribution in [1.82, 2.24) is 4.90 Å². The Bertz CT molecular complexity index is 302. The normalized spacial score (nSPS) is 17.7. The molecule has 1 aliphatic rings. The van der Waals surface area contributed by atoms with E-state index in [9.17, 15) is 0 Å². The molecule has 0 unspecified atom stereocenters. The molecule has 0 bridgehead atoms. The molecule has 1 atom stereocenters. The molecule has 0 amide bonds. The highest BCUT2D eigenvalue weighted by Gasteiger charge is 2.25. The Kier molecular flexibility index (Phi) is 4.00. The molecule has 0 saturated heterocycles. The van der Waals surface area contributed by atoms with Gasteiger partial charge in [-0.2, -0.15) is 0 Å². The summed E-state index contributed by atoms with van der Waals surface area (Å²) in [7, 11) is 0. The van der Waals surface area contributed by atoms with Crippen molar-refractivity contribution in [3.05, 3.63) is 35.9 Å². The van der Waals surface area contributed by atoms with Crippen molar-refractivity contribution >= 4 is 0 Å². The number of rotatable bonds is 6. The molecule has 1 saturated carbocycles. The minimum absolute atomic E-state index is 0.709. The Morgan fingerprint density at radius 2 is 1.94 bits per heavy atom. The highest BCUT2D eigenvalue weighted by atomic mass is 15.2. The predicted octanol–water partition coefficient (Wildman–Crippen LogP) is 3.70. The molecule has 0 aromatic heterocycles. The largest absolute Gasteiger partial charge is 0.296 e. The lowest BCUT2D eigenvalue weighted by molar-refractivity contribution is 0.187. The summed E-state index contributed by atoms with van der Waals surface area (Å²) < 4.78 is 0. The van der Waals surface area contributed by atoms with E-state index in [2.05, 4.69) is 49.1 Å². The summed E-state index contributed by atoms with van der Waals surface area (Å²) in [5, 5.41) is 0. The minimum atomic E-state index is 0.709. The molecule has 1 aromatic carbocycles.